The van der Waals surface area contributed by atoms with E-state index in [-0.39, 0.29) is 23.2 Å². The van der Waals surface area contributed by atoms with E-state index in [9.17, 15) is 4.79 Å². The lowest BCUT2D eigenvalue weighted by Crippen LogP contribution is -2.38. The van der Waals surface area contributed by atoms with Crippen molar-refractivity contribution in [3.8, 4) is 0 Å². The van der Waals surface area contributed by atoms with E-state index in [1.165, 1.54) is 6.20 Å². The molecule has 1 fully saturated rings. The van der Waals surface area contributed by atoms with Gasteiger partial charge in [-0.25, -0.2) is 9.97 Å². The largest absolute Gasteiger partial charge is 0.327 e. The minimum Gasteiger partial charge on any atom is -0.327 e. The Morgan fingerprint density at radius 2 is 2.17 bits per heavy atom. The van der Waals surface area contributed by atoms with Crippen LogP contribution in [0.15, 0.2) is 12.3 Å². The van der Waals surface area contributed by atoms with Gasteiger partial charge in [0.1, 0.15) is 5.82 Å². The van der Waals surface area contributed by atoms with Crippen molar-refractivity contribution in [3.05, 3.63) is 17.5 Å². The summed E-state index contributed by atoms with van der Waals surface area (Å²) in [6.45, 7) is 0. The Kier molecular flexibility index (Phi) is 4.49. The fourth-order valence-corrected chi connectivity index (χ4v) is 2.43. The molecule has 6 heteroatoms. The Labute approximate surface area is 111 Å². The maximum Gasteiger partial charge on any atom is 0.230 e. The van der Waals surface area contributed by atoms with E-state index in [1.807, 2.05) is 0 Å². The zero-order valence-corrected chi connectivity index (χ0v) is 10.9. The van der Waals surface area contributed by atoms with Gasteiger partial charge in [-0.15, -0.1) is 0 Å². The van der Waals surface area contributed by atoms with Crippen LogP contribution in [-0.4, -0.2) is 21.9 Å². The molecule has 0 spiro atoms. The Balaban J connectivity index is 2.02. The number of nitrogens with zero attached hydrogens (tertiary/aromatic N) is 2. The van der Waals surface area contributed by atoms with E-state index in [0.29, 0.717) is 5.82 Å². The Morgan fingerprint density at radius 1 is 1.39 bits per heavy atom. The van der Waals surface area contributed by atoms with Crippen molar-refractivity contribution in [1.29, 1.82) is 0 Å². The molecule has 1 aliphatic rings. The Bertz CT molecular complexity index is 426. The number of rotatable bonds is 2. The quantitative estimate of drug-likeness (QED) is 0.635. The van der Waals surface area contributed by atoms with E-state index < -0.39 is 0 Å². The average Bonchev–Trinajstić information content (AvgIpc) is 2.54. The number of nitrogens with two attached hydrogens (primary N) is 1. The molecule has 5 nitrogen and oxygen atoms in total. The number of halogens is 1. The van der Waals surface area contributed by atoms with Crippen LogP contribution in [0.3, 0.4) is 0 Å². The first-order valence-corrected chi connectivity index (χ1v) is 6.59. The summed E-state index contributed by atoms with van der Waals surface area (Å²) in [6.07, 6.45) is 6.56. The van der Waals surface area contributed by atoms with Crippen LogP contribution in [0.2, 0.25) is 5.28 Å². The normalized spacial score (nSPS) is 24.3. The van der Waals surface area contributed by atoms with Gasteiger partial charge in [-0.05, 0) is 30.5 Å². The summed E-state index contributed by atoms with van der Waals surface area (Å²) in [5, 5.41) is 2.88. The van der Waals surface area contributed by atoms with Crippen LogP contribution in [0, 0.1) is 5.92 Å². The van der Waals surface area contributed by atoms with Gasteiger partial charge >= 0.3 is 0 Å². The smallest absolute Gasteiger partial charge is 0.230 e. The summed E-state index contributed by atoms with van der Waals surface area (Å²) in [5.74, 6) is 0.219. The van der Waals surface area contributed by atoms with Crippen molar-refractivity contribution in [2.24, 2.45) is 11.7 Å². The van der Waals surface area contributed by atoms with E-state index in [1.54, 1.807) is 6.07 Å². The highest BCUT2D eigenvalue weighted by Gasteiger charge is 2.27. The van der Waals surface area contributed by atoms with Gasteiger partial charge in [0.05, 0.1) is 5.92 Å². The predicted octanol–water partition coefficient (Wildman–Crippen LogP) is 1.98. The standard InChI is InChI=1S/C12H17ClN4O/c13-12-15-7-6-10(17-12)16-11(18)8-4-2-1-3-5-9(8)14/h6-9H,1-5,14H2,(H,15,16,17,18). The third-order valence-corrected chi connectivity index (χ3v) is 3.47. The molecule has 0 aliphatic heterocycles. The highest BCUT2D eigenvalue weighted by Crippen LogP contribution is 2.23. The maximum atomic E-state index is 12.1. The first-order valence-electron chi connectivity index (χ1n) is 6.22. The summed E-state index contributed by atoms with van der Waals surface area (Å²) >= 11 is 5.67. The molecule has 0 bridgehead atoms. The molecule has 1 amide bonds. The minimum absolute atomic E-state index is 0.0650. The minimum atomic E-state index is -0.138. The monoisotopic (exact) mass is 268 g/mol. The van der Waals surface area contributed by atoms with Crippen LogP contribution in [0.1, 0.15) is 32.1 Å². The van der Waals surface area contributed by atoms with Crippen LogP contribution in [0.5, 0.6) is 0 Å². The van der Waals surface area contributed by atoms with Gasteiger partial charge in [-0.1, -0.05) is 19.3 Å². The first-order chi connectivity index (χ1) is 8.66. The van der Waals surface area contributed by atoms with Gasteiger partial charge < -0.3 is 11.1 Å². The average molecular weight is 269 g/mol. The molecule has 0 saturated heterocycles. The highest BCUT2D eigenvalue weighted by atomic mass is 35.5. The molecule has 98 valence electrons. The van der Waals surface area contributed by atoms with Gasteiger partial charge in [-0.3, -0.25) is 4.79 Å². The van der Waals surface area contributed by atoms with Crippen LogP contribution in [0.25, 0.3) is 0 Å². The molecule has 1 heterocycles. The first kappa shape index (κ1) is 13.2. The lowest BCUT2D eigenvalue weighted by Gasteiger charge is -2.20. The molecule has 3 N–H and O–H groups in total. The number of nitrogens with one attached hydrogen (secondary N) is 1. The SMILES string of the molecule is NC1CCCCCC1C(=O)Nc1ccnc(Cl)n1. The summed E-state index contributed by atoms with van der Waals surface area (Å²) in [4.78, 5) is 19.9. The predicted molar refractivity (Wildman–Crippen MR) is 70.2 cm³/mol. The van der Waals surface area contributed by atoms with Crippen molar-refractivity contribution in [2.75, 3.05) is 5.32 Å². The summed E-state index contributed by atoms with van der Waals surface area (Å²) in [6, 6.07) is 1.55. The number of amides is 1. The van der Waals surface area contributed by atoms with E-state index in [4.69, 9.17) is 17.3 Å². The van der Waals surface area contributed by atoms with E-state index >= 15 is 0 Å². The zero-order valence-electron chi connectivity index (χ0n) is 10.1. The fourth-order valence-electron chi connectivity index (χ4n) is 2.29. The molecular weight excluding hydrogens is 252 g/mol. The van der Waals surface area contributed by atoms with Crippen molar-refractivity contribution in [3.63, 3.8) is 0 Å². The molecule has 1 aromatic heterocycles. The number of anilines is 1. The van der Waals surface area contributed by atoms with E-state index in [2.05, 4.69) is 15.3 Å². The molecule has 1 aromatic rings. The molecule has 18 heavy (non-hydrogen) atoms. The van der Waals surface area contributed by atoms with Crippen molar-refractivity contribution < 1.29 is 4.79 Å². The van der Waals surface area contributed by atoms with Crippen molar-refractivity contribution in [2.45, 2.75) is 38.1 Å². The van der Waals surface area contributed by atoms with Gasteiger partial charge in [0, 0.05) is 12.2 Å². The molecule has 1 saturated carbocycles. The van der Waals surface area contributed by atoms with Crippen LogP contribution in [-0.2, 0) is 4.79 Å². The summed E-state index contributed by atoms with van der Waals surface area (Å²) in [5.41, 5.74) is 6.04. The van der Waals surface area contributed by atoms with Gasteiger partial charge in [0.15, 0.2) is 0 Å². The number of aromatic nitrogens is 2. The lowest BCUT2D eigenvalue weighted by molar-refractivity contribution is -0.120. The third kappa shape index (κ3) is 3.40. The van der Waals surface area contributed by atoms with Gasteiger partial charge in [0.25, 0.3) is 0 Å². The van der Waals surface area contributed by atoms with Crippen molar-refractivity contribution in [1.82, 2.24) is 9.97 Å². The Hall–Kier alpha value is -1.20. The zero-order chi connectivity index (χ0) is 13.0. The highest BCUT2D eigenvalue weighted by molar-refractivity contribution is 6.28. The number of carbonyl (C=O) groups excluding carboxylic acids is 1. The number of hydrogen-bond donors (Lipinski definition) is 2. The molecule has 2 unspecified atom stereocenters. The van der Waals surface area contributed by atoms with Crippen molar-refractivity contribution >= 4 is 23.3 Å². The molecule has 0 aromatic carbocycles. The molecule has 1 aliphatic carbocycles. The topological polar surface area (TPSA) is 80.9 Å². The molecule has 2 rings (SSSR count). The second-order valence-corrected chi connectivity index (χ2v) is 4.95. The van der Waals surface area contributed by atoms with E-state index in [0.717, 1.165) is 32.1 Å². The number of carbonyl (C=O) groups is 1. The van der Waals surface area contributed by atoms with Crippen LogP contribution in [0.4, 0.5) is 5.82 Å². The Morgan fingerprint density at radius 3 is 2.94 bits per heavy atom. The molecular formula is C12H17ClN4O. The lowest BCUT2D eigenvalue weighted by atomic mass is 9.94. The maximum absolute atomic E-state index is 12.1. The number of hydrogen-bond acceptors (Lipinski definition) is 4. The van der Waals surface area contributed by atoms with Crippen LogP contribution < -0.4 is 11.1 Å². The van der Waals surface area contributed by atoms with Gasteiger partial charge in [-0.2, -0.15) is 0 Å². The summed E-state index contributed by atoms with van der Waals surface area (Å²) < 4.78 is 0. The van der Waals surface area contributed by atoms with Gasteiger partial charge in [0.2, 0.25) is 11.2 Å². The second-order valence-electron chi connectivity index (χ2n) is 4.61. The second kappa shape index (κ2) is 6.11. The molecule has 0 radical (unpaired) electrons. The third-order valence-electron chi connectivity index (χ3n) is 3.28. The molecule has 2 atom stereocenters. The van der Waals surface area contributed by atoms with Crippen LogP contribution >= 0.6 is 11.6 Å². The fraction of sp³-hybridized carbons (Fsp3) is 0.583. The summed E-state index contributed by atoms with van der Waals surface area (Å²) in [7, 11) is 0.